The molecule has 1 aliphatic carbocycles. The second kappa shape index (κ2) is 5.19. The van der Waals surface area contributed by atoms with Crippen molar-refractivity contribution in [2.45, 2.75) is 44.6 Å². The Hall–Kier alpha value is -1.22. The summed E-state index contributed by atoms with van der Waals surface area (Å²) in [5.41, 5.74) is 8.81. The first kappa shape index (κ1) is 13.2. The maximum absolute atomic E-state index is 6.60. The Morgan fingerprint density at radius 3 is 2.11 bits per heavy atom. The normalized spacial score (nSPS) is 18.4. The molecule has 2 rings (SSSR count). The summed E-state index contributed by atoms with van der Waals surface area (Å²) in [5, 5.41) is 0. The molecule has 1 aromatic rings. The average molecular weight is 249 g/mol. The van der Waals surface area contributed by atoms with E-state index in [1.165, 1.54) is 30.4 Å². The number of rotatable bonds is 3. The van der Waals surface area contributed by atoms with Gasteiger partial charge in [0, 0.05) is 5.54 Å². The Bertz CT molecular complexity index is 423. The van der Waals surface area contributed by atoms with Gasteiger partial charge in [-0.3, -0.25) is 0 Å². The molecule has 0 heterocycles. The zero-order chi connectivity index (χ0) is 13.2. The van der Waals surface area contributed by atoms with E-state index in [0.717, 1.165) is 24.3 Å². The van der Waals surface area contributed by atoms with Crippen molar-refractivity contribution >= 4 is 0 Å². The van der Waals surface area contributed by atoms with Gasteiger partial charge in [0.25, 0.3) is 0 Å². The van der Waals surface area contributed by atoms with Crippen LogP contribution in [0, 0.1) is 6.92 Å². The van der Waals surface area contributed by atoms with Crippen LogP contribution in [-0.2, 0) is 5.54 Å². The van der Waals surface area contributed by atoms with Crippen LogP contribution in [0.3, 0.4) is 0 Å². The third kappa shape index (κ3) is 2.32. The van der Waals surface area contributed by atoms with Crippen LogP contribution < -0.4 is 15.2 Å². The topological polar surface area (TPSA) is 44.5 Å². The third-order valence-corrected chi connectivity index (χ3v) is 4.01. The fourth-order valence-electron chi connectivity index (χ4n) is 2.97. The number of methoxy groups -OCH3 is 2. The van der Waals surface area contributed by atoms with Crippen molar-refractivity contribution in [1.82, 2.24) is 0 Å². The van der Waals surface area contributed by atoms with Crippen molar-refractivity contribution in [2.24, 2.45) is 5.73 Å². The molecule has 0 aromatic heterocycles. The van der Waals surface area contributed by atoms with Crippen LogP contribution in [-0.4, -0.2) is 14.2 Å². The monoisotopic (exact) mass is 249 g/mol. The lowest BCUT2D eigenvalue weighted by molar-refractivity contribution is 0.297. The summed E-state index contributed by atoms with van der Waals surface area (Å²) in [5.74, 6) is 1.55. The van der Waals surface area contributed by atoms with E-state index < -0.39 is 0 Å². The van der Waals surface area contributed by atoms with Crippen LogP contribution >= 0.6 is 0 Å². The van der Waals surface area contributed by atoms with Crippen LogP contribution in [0.15, 0.2) is 12.1 Å². The van der Waals surface area contributed by atoms with Gasteiger partial charge in [0.15, 0.2) is 11.5 Å². The van der Waals surface area contributed by atoms with E-state index in [9.17, 15) is 0 Å². The zero-order valence-corrected chi connectivity index (χ0v) is 11.6. The molecule has 3 heteroatoms. The summed E-state index contributed by atoms with van der Waals surface area (Å²) in [6.45, 7) is 2.10. The number of aryl methyl sites for hydroxylation is 1. The van der Waals surface area contributed by atoms with Crippen molar-refractivity contribution in [3.8, 4) is 11.5 Å². The summed E-state index contributed by atoms with van der Waals surface area (Å²) in [6.07, 6.45) is 5.84. The van der Waals surface area contributed by atoms with E-state index in [1.54, 1.807) is 14.2 Å². The molecule has 0 bridgehead atoms. The molecule has 18 heavy (non-hydrogen) atoms. The van der Waals surface area contributed by atoms with E-state index in [1.807, 2.05) is 6.07 Å². The van der Waals surface area contributed by atoms with Crippen molar-refractivity contribution < 1.29 is 9.47 Å². The molecular formula is C15H23NO2. The predicted octanol–water partition coefficient (Wildman–Crippen LogP) is 3.13. The largest absolute Gasteiger partial charge is 0.493 e. The summed E-state index contributed by atoms with van der Waals surface area (Å²) in [4.78, 5) is 0. The van der Waals surface area contributed by atoms with Gasteiger partial charge in [-0.2, -0.15) is 0 Å². The van der Waals surface area contributed by atoms with Gasteiger partial charge in [-0.05, 0) is 43.0 Å². The highest BCUT2D eigenvalue weighted by molar-refractivity contribution is 5.49. The highest BCUT2D eigenvalue weighted by atomic mass is 16.5. The minimum absolute atomic E-state index is 0.193. The van der Waals surface area contributed by atoms with Gasteiger partial charge in [0.1, 0.15) is 0 Å². The number of benzene rings is 1. The van der Waals surface area contributed by atoms with Gasteiger partial charge in [0.2, 0.25) is 0 Å². The summed E-state index contributed by atoms with van der Waals surface area (Å²) >= 11 is 0. The lowest BCUT2D eigenvalue weighted by Crippen LogP contribution is -2.39. The predicted molar refractivity (Wildman–Crippen MR) is 73.2 cm³/mol. The molecule has 1 aromatic carbocycles. The van der Waals surface area contributed by atoms with Gasteiger partial charge in [-0.1, -0.05) is 19.3 Å². The van der Waals surface area contributed by atoms with E-state index >= 15 is 0 Å². The summed E-state index contributed by atoms with van der Waals surface area (Å²) in [6, 6.07) is 4.08. The molecule has 3 nitrogen and oxygen atoms in total. The Kier molecular flexibility index (Phi) is 3.81. The minimum Gasteiger partial charge on any atom is -0.493 e. The van der Waals surface area contributed by atoms with Gasteiger partial charge < -0.3 is 15.2 Å². The zero-order valence-electron chi connectivity index (χ0n) is 11.6. The molecule has 0 aliphatic heterocycles. The van der Waals surface area contributed by atoms with Crippen LogP contribution in [0.25, 0.3) is 0 Å². The quantitative estimate of drug-likeness (QED) is 0.895. The molecule has 1 aliphatic rings. The fourth-order valence-corrected chi connectivity index (χ4v) is 2.97. The van der Waals surface area contributed by atoms with Crippen molar-refractivity contribution in [3.05, 3.63) is 23.3 Å². The van der Waals surface area contributed by atoms with Crippen molar-refractivity contribution in [1.29, 1.82) is 0 Å². The van der Waals surface area contributed by atoms with Crippen molar-refractivity contribution in [3.63, 3.8) is 0 Å². The molecule has 0 saturated heterocycles. The molecule has 1 fully saturated rings. The highest BCUT2D eigenvalue weighted by Crippen LogP contribution is 2.40. The maximum Gasteiger partial charge on any atom is 0.161 e. The fraction of sp³-hybridized carbons (Fsp3) is 0.600. The van der Waals surface area contributed by atoms with Gasteiger partial charge in [-0.15, -0.1) is 0 Å². The molecule has 2 N–H and O–H groups in total. The minimum atomic E-state index is -0.193. The van der Waals surface area contributed by atoms with Crippen LogP contribution in [0.2, 0.25) is 0 Å². The SMILES string of the molecule is COc1cc(C)c(C2(N)CCCCC2)cc1OC. The summed E-state index contributed by atoms with van der Waals surface area (Å²) < 4.78 is 10.7. The highest BCUT2D eigenvalue weighted by Gasteiger charge is 2.31. The lowest BCUT2D eigenvalue weighted by atomic mass is 9.76. The smallest absolute Gasteiger partial charge is 0.161 e. The summed E-state index contributed by atoms with van der Waals surface area (Å²) in [7, 11) is 3.33. The molecule has 0 unspecified atom stereocenters. The second-order valence-electron chi connectivity index (χ2n) is 5.24. The second-order valence-corrected chi connectivity index (χ2v) is 5.24. The van der Waals surface area contributed by atoms with Crippen LogP contribution in [0.5, 0.6) is 11.5 Å². The Labute approximate surface area is 109 Å². The first-order chi connectivity index (χ1) is 8.60. The molecule has 0 amide bonds. The number of ether oxygens (including phenoxy) is 2. The van der Waals surface area contributed by atoms with Gasteiger partial charge in [-0.25, -0.2) is 0 Å². The third-order valence-electron chi connectivity index (χ3n) is 4.01. The van der Waals surface area contributed by atoms with Crippen LogP contribution in [0.4, 0.5) is 0 Å². The molecule has 0 spiro atoms. The van der Waals surface area contributed by atoms with E-state index in [-0.39, 0.29) is 5.54 Å². The molecule has 0 radical (unpaired) electrons. The molecular weight excluding hydrogens is 226 g/mol. The first-order valence-corrected chi connectivity index (χ1v) is 6.63. The Morgan fingerprint density at radius 2 is 1.56 bits per heavy atom. The number of hydrogen-bond acceptors (Lipinski definition) is 3. The van der Waals surface area contributed by atoms with Crippen molar-refractivity contribution in [2.75, 3.05) is 14.2 Å². The number of hydrogen-bond donors (Lipinski definition) is 1. The van der Waals surface area contributed by atoms with Crippen LogP contribution in [0.1, 0.15) is 43.2 Å². The van der Waals surface area contributed by atoms with E-state index in [0.29, 0.717) is 0 Å². The average Bonchev–Trinajstić information content (AvgIpc) is 2.39. The maximum atomic E-state index is 6.60. The molecule has 1 saturated carbocycles. The van der Waals surface area contributed by atoms with Gasteiger partial charge >= 0.3 is 0 Å². The standard InChI is InChI=1S/C15H23NO2/c1-11-9-13(17-2)14(18-3)10-12(11)15(16)7-5-4-6-8-15/h9-10H,4-8,16H2,1-3H3. The molecule has 100 valence electrons. The number of nitrogens with two attached hydrogens (primary N) is 1. The molecule has 0 atom stereocenters. The first-order valence-electron chi connectivity index (χ1n) is 6.63. The lowest BCUT2D eigenvalue weighted by Gasteiger charge is -2.35. The van der Waals surface area contributed by atoms with E-state index in [2.05, 4.69) is 13.0 Å². The van der Waals surface area contributed by atoms with Gasteiger partial charge in [0.05, 0.1) is 14.2 Å². The Balaban J connectivity index is 2.43. The Morgan fingerprint density at radius 1 is 1.00 bits per heavy atom. The van der Waals surface area contributed by atoms with E-state index in [4.69, 9.17) is 15.2 Å².